The zero-order chi connectivity index (χ0) is 20.3. The van der Waals surface area contributed by atoms with Crippen molar-refractivity contribution in [3.63, 3.8) is 0 Å². The minimum Gasteiger partial charge on any atom is -0.463 e. The van der Waals surface area contributed by atoms with Crippen LogP contribution >= 0.6 is 11.3 Å². The molecule has 2 aromatic heterocycles. The van der Waals surface area contributed by atoms with E-state index in [1.54, 1.807) is 26.8 Å². The Bertz CT molecular complexity index is 912. The second kappa shape index (κ2) is 8.26. The maximum Gasteiger partial charge on any atom is 0.344 e. The molecule has 0 aromatic carbocycles. The lowest BCUT2D eigenvalue weighted by atomic mass is 10.0. The molecule has 2 N–H and O–H groups in total. The number of esters is 2. The average molecular weight is 405 g/mol. The fraction of sp³-hybridized carbons (Fsp3) is 0.333. The highest BCUT2D eigenvalue weighted by atomic mass is 32.1. The molecule has 10 heteroatoms. The average Bonchev–Trinajstić information content (AvgIpc) is 3.29. The predicted octanol–water partition coefficient (Wildman–Crippen LogP) is 2.38. The van der Waals surface area contributed by atoms with Crippen molar-refractivity contribution in [3.05, 3.63) is 50.7 Å². The molecule has 0 radical (unpaired) electrons. The number of thiophene rings is 1. The maximum absolute atomic E-state index is 12.6. The summed E-state index contributed by atoms with van der Waals surface area (Å²) in [6, 6.07) is 2.41. The molecule has 2 amide bonds. The van der Waals surface area contributed by atoms with Crippen LogP contribution in [-0.4, -0.2) is 36.3 Å². The Labute approximate surface area is 164 Å². The van der Waals surface area contributed by atoms with Crippen molar-refractivity contribution in [2.75, 3.05) is 13.2 Å². The first-order chi connectivity index (χ1) is 13.4. The largest absolute Gasteiger partial charge is 0.463 e. The molecule has 0 saturated carbocycles. The summed E-state index contributed by atoms with van der Waals surface area (Å²) < 4.78 is 15.4. The lowest BCUT2D eigenvalue weighted by Crippen LogP contribution is -2.46. The van der Waals surface area contributed by atoms with Crippen molar-refractivity contribution < 1.29 is 28.4 Å². The van der Waals surface area contributed by atoms with Crippen molar-refractivity contribution >= 4 is 29.3 Å². The Balaban J connectivity index is 1.91. The van der Waals surface area contributed by atoms with Crippen LogP contribution in [0.2, 0.25) is 0 Å². The van der Waals surface area contributed by atoms with Gasteiger partial charge in [-0.1, -0.05) is 11.2 Å². The normalized spacial score (nSPS) is 16.4. The first-order valence-electron chi connectivity index (χ1n) is 8.53. The van der Waals surface area contributed by atoms with Gasteiger partial charge in [0, 0.05) is 4.88 Å². The van der Waals surface area contributed by atoms with E-state index in [4.69, 9.17) is 14.0 Å². The van der Waals surface area contributed by atoms with Gasteiger partial charge in [-0.25, -0.2) is 14.4 Å². The van der Waals surface area contributed by atoms with Crippen molar-refractivity contribution in [1.82, 2.24) is 15.8 Å². The number of nitrogens with zero attached hydrogens (tertiary/aromatic N) is 1. The van der Waals surface area contributed by atoms with Crippen LogP contribution in [0.3, 0.4) is 0 Å². The van der Waals surface area contributed by atoms with Gasteiger partial charge in [0.1, 0.15) is 17.9 Å². The van der Waals surface area contributed by atoms with E-state index in [9.17, 15) is 14.4 Å². The van der Waals surface area contributed by atoms with Crippen LogP contribution in [0, 0.1) is 13.8 Å². The van der Waals surface area contributed by atoms with Gasteiger partial charge in [0.2, 0.25) is 0 Å². The SMILES string of the molecule is CCOC(=O)C1=C(COC(=O)c2c(C)noc2C)NC(=O)NC1c1cccs1. The molecule has 1 aliphatic rings. The van der Waals surface area contributed by atoms with Crippen molar-refractivity contribution in [3.8, 4) is 0 Å². The monoisotopic (exact) mass is 405 g/mol. The van der Waals surface area contributed by atoms with Gasteiger partial charge in [-0.3, -0.25) is 0 Å². The number of carbonyl (C=O) groups is 3. The van der Waals surface area contributed by atoms with Crippen LogP contribution in [-0.2, 0) is 14.3 Å². The van der Waals surface area contributed by atoms with E-state index in [2.05, 4.69) is 15.8 Å². The topological polar surface area (TPSA) is 120 Å². The number of hydrogen-bond acceptors (Lipinski definition) is 8. The van der Waals surface area contributed by atoms with Gasteiger partial charge in [0.15, 0.2) is 0 Å². The third kappa shape index (κ3) is 3.91. The molecular formula is C18H19N3O6S. The maximum atomic E-state index is 12.6. The summed E-state index contributed by atoms with van der Waals surface area (Å²) in [5.41, 5.74) is 0.970. The molecule has 148 valence electrons. The van der Waals surface area contributed by atoms with E-state index >= 15 is 0 Å². The summed E-state index contributed by atoms with van der Waals surface area (Å²) in [6.45, 7) is 4.76. The minimum absolute atomic E-state index is 0.166. The second-order valence-corrected chi connectivity index (χ2v) is 6.91. The summed E-state index contributed by atoms with van der Waals surface area (Å²) in [4.78, 5) is 37.8. The molecule has 2 aromatic rings. The molecule has 0 spiro atoms. The summed E-state index contributed by atoms with van der Waals surface area (Å²) in [7, 11) is 0. The van der Waals surface area contributed by atoms with Crippen LogP contribution in [0.4, 0.5) is 4.79 Å². The molecule has 0 bridgehead atoms. The molecule has 3 heterocycles. The first kappa shape index (κ1) is 19.6. The van der Waals surface area contributed by atoms with Gasteiger partial charge in [0.25, 0.3) is 0 Å². The number of nitrogens with one attached hydrogen (secondary N) is 2. The molecule has 0 fully saturated rings. The lowest BCUT2D eigenvalue weighted by Gasteiger charge is -2.28. The van der Waals surface area contributed by atoms with E-state index in [1.165, 1.54) is 11.3 Å². The number of aromatic nitrogens is 1. The molecule has 1 atom stereocenters. The highest BCUT2D eigenvalue weighted by molar-refractivity contribution is 7.10. The highest BCUT2D eigenvalue weighted by Gasteiger charge is 2.35. The van der Waals surface area contributed by atoms with E-state index in [0.29, 0.717) is 11.5 Å². The van der Waals surface area contributed by atoms with Gasteiger partial charge in [0.05, 0.1) is 29.6 Å². The number of ether oxygens (including phenoxy) is 2. The Morgan fingerprint density at radius 2 is 2.07 bits per heavy atom. The molecule has 0 saturated heterocycles. The summed E-state index contributed by atoms with van der Waals surface area (Å²) in [6.07, 6.45) is 0. The number of hydrogen-bond donors (Lipinski definition) is 2. The fourth-order valence-corrected chi connectivity index (χ4v) is 3.62. The number of carbonyl (C=O) groups excluding carboxylic acids is 3. The molecule has 1 aliphatic heterocycles. The van der Waals surface area contributed by atoms with Gasteiger partial charge in [-0.15, -0.1) is 11.3 Å². The van der Waals surface area contributed by atoms with Crippen LogP contribution in [0.25, 0.3) is 0 Å². The van der Waals surface area contributed by atoms with E-state index < -0.39 is 24.0 Å². The predicted molar refractivity (Wildman–Crippen MR) is 98.6 cm³/mol. The minimum atomic E-state index is -0.694. The summed E-state index contributed by atoms with van der Waals surface area (Å²) in [5, 5.41) is 10.8. The van der Waals surface area contributed by atoms with Crippen molar-refractivity contribution in [2.45, 2.75) is 26.8 Å². The smallest absolute Gasteiger partial charge is 0.344 e. The number of urea groups is 1. The third-order valence-electron chi connectivity index (χ3n) is 4.06. The molecule has 9 nitrogen and oxygen atoms in total. The zero-order valence-electron chi connectivity index (χ0n) is 15.5. The third-order valence-corrected chi connectivity index (χ3v) is 5.00. The molecule has 1 unspecified atom stereocenters. The molecule has 3 rings (SSSR count). The van der Waals surface area contributed by atoms with Crippen LogP contribution < -0.4 is 10.6 Å². The van der Waals surface area contributed by atoms with Crippen LogP contribution in [0.15, 0.2) is 33.3 Å². The number of amides is 2. The Morgan fingerprint density at radius 3 is 2.68 bits per heavy atom. The van der Waals surface area contributed by atoms with Crippen molar-refractivity contribution in [2.24, 2.45) is 0 Å². The van der Waals surface area contributed by atoms with Crippen LogP contribution in [0.5, 0.6) is 0 Å². The Morgan fingerprint density at radius 1 is 1.29 bits per heavy atom. The first-order valence-corrected chi connectivity index (χ1v) is 9.41. The molecule has 0 aliphatic carbocycles. The summed E-state index contributed by atoms with van der Waals surface area (Å²) >= 11 is 1.39. The van der Waals surface area contributed by atoms with E-state index in [1.807, 2.05) is 11.4 Å². The van der Waals surface area contributed by atoms with Gasteiger partial charge in [-0.2, -0.15) is 0 Å². The molecule has 28 heavy (non-hydrogen) atoms. The Kier molecular flexibility index (Phi) is 5.78. The number of rotatable bonds is 6. The van der Waals surface area contributed by atoms with Crippen molar-refractivity contribution in [1.29, 1.82) is 0 Å². The Hall–Kier alpha value is -3.14. The summed E-state index contributed by atoms with van der Waals surface area (Å²) in [5.74, 6) is -0.933. The zero-order valence-corrected chi connectivity index (χ0v) is 16.3. The van der Waals surface area contributed by atoms with Gasteiger partial charge >= 0.3 is 18.0 Å². The second-order valence-electron chi connectivity index (χ2n) is 5.93. The van der Waals surface area contributed by atoms with Gasteiger partial charge < -0.3 is 24.6 Å². The van der Waals surface area contributed by atoms with E-state index in [-0.39, 0.29) is 30.0 Å². The van der Waals surface area contributed by atoms with Gasteiger partial charge in [-0.05, 0) is 32.2 Å². The van der Waals surface area contributed by atoms with E-state index in [0.717, 1.165) is 4.88 Å². The fourth-order valence-electron chi connectivity index (χ4n) is 2.83. The quantitative estimate of drug-likeness (QED) is 0.708. The number of aryl methyl sites for hydroxylation is 2. The molecular weight excluding hydrogens is 386 g/mol. The lowest BCUT2D eigenvalue weighted by molar-refractivity contribution is -0.139. The standard InChI is InChI=1S/C18H19N3O6S/c1-4-25-17(23)14-11(8-26-16(22)13-9(2)21-27-10(13)3)19-18(24)20-15(14)12-6-5-7-28-12/h5-7,15H,4,8H2,1-3H3,(H2,19,20,24). The highest BCUT2D eigenvalue weighted by Crippen LogP contribution is 2.30. The van der Waals surface area contributed by atoms with Crippen LogP contribution in [0.1, 0.15) is 39.7 Å².